The molecular weight excluding hydrogens is 332 g/mol. The molecule has 3 rings (SSSR count). The van der Waals surface area contributed by atoms with Crippen LogP contribution in [-0.4, -0.2) is 47.1 Å². The van der Waals surface area contributed by atoms with E-state index in [0.29, 0.717) is 31.3 Å². The molecule has 8 heteroatoms. The Morgan fingerprint density at radius 1 is 1.32 bits per heavy atom. The number of carbonyl (C=O) groups excluding carboxylic acids is 1. The van der Waals surface area contributed by atoms with E-state index < -0.39 is 11.6 Å². The maximum absolute atomic E-state index is 13.7. The molecule has 1 aromatic heterocycles. The van der Waals surface area contributed by atoms with Crippen LogP contribution in [-0.2, 0) is 11.2 Å². The van der Waals surface area contributed by atoms with Gasteiger partial charge in [-0.2, -0.15) is 4.98 Å². The molecule has 0 aliphatic carbocycles. The minimum Gasteiger partial charge on any atom is -0.480 e. The van der Waals surface area contributed by atoms with Crippen molar-refractivity contribution in [2.24, 2.45) is 0 Å². The normalized spacial score (nSPS) is 16.8. The van der Waals surface area contributed by atoms with Crippen molar-refractivity contribution in [1.29, 1.82) is 0 Å². The highest BCUT2D eigenvalue weighted by atomic mass is 19.1. The molecule has 1 aromatic carbocycles. The summed E-state index contributed by atoms with van der Waals surface area (Å²) in [7, 11) is 1.48. The summed E-state index contributed by atoms with van der Waals surface area (Å²) in [6.45, 7) is 0.879. The van der Waals surface area contributed by atoms with Crippen LogP contribution in [0.4, 0.5) is 8.78 Å². The second-order valence-electron chi connectivity index (χ2n) is 5.68. The molecule has 1 aliphatic heterocycles. The van der Waals surface area contributed by atoms with Gasteiger partial charge in [0.05, 0.1) is 32.5 Å². The molecule has 0 unspecified atom stereocenters. The van der Waals surface area contributed by atoms with Gasteiger partial charge in [0.2, 0.25) is 17.7 Å². The molecular formula is C17H17F2N3O3. The number of hydrogen-bond donors (Lipinski definition) is 0. The Bertz CT molecular complexity index is 773. The van der Waals surface area contributed by atoms with Crippen molar-refractivity contribution in [3.8, 4) is 11.8 Å². The summed E-state index contributed by atoms with van der Waals surface area (Å²) in [4.78, 5) is 22.0. The van der Waals surface area contributed by atoms with E-state index in [1.165, 1.54) is 25.6 Å². The van der Waals surface area contributed by atoms with Crippen LogP contribution in [0.1, 0.15) is 12.0 Å². The smallest absolute Gasteiger partial charge is 0.235 e. The van der Waals surface area contributed by atoms with Gasteiger partial charge < -0.3 is 14.4 Å². The molecule has 25 heavy (non-hydrogen) atoms. The lowest BCUT2D eigenvalue weighted by atomic mass is 10.1. The third kappa shape index (κ3) is 4.20. The first-order chi connectivity index (χ1) is 12.0. The summed E-state index contributed by atoms with van der Waals surface area (Å²) in [5, 5.41) is 0. The Morgan fingerprint density at radius 2 is 2.12 bits per heavy atom. The predicted molar refractivity (Wildman–Crippen MR) is 84.3 cm³/mol. The number of benzene rings is 1. The first-order valence-corrected chi connectivity index (χ1v) is 7.79. The Kier molecular flexibility index (Phi) is 5.06. The van der Waals surface area contributed by atoms with Crippen LogP contribution in [0, 0.1) is 11.6 Å². The van der Waals surface area contributed by atoms with Gasteiger partial charge in [-0.05, 0) is 11.6 Å². The third-order valence-electron chi connectivity index (χ3n) is 3.94. The number of likely N-dealkylation sites (tertiary alicyclic amines) is 1. The fourth-order valence-corrected chi connectivity index (χ4v) is 2.65. The minimum absolute atomic E-state index is 0.113. The minimum atomic E-state index is -0.716. The zero-order chi connectivity index (χ0) is 17.8. The van der Waals surface area contributed by atoms with E-state index in [0.717, 1.165) is 12.1 Å². The predicted octanol–water partition coefficient (Wildman–Crippen LogP) is 1.99. The molecule has 0 N–H and O–H groups in total. The SMILES string of the molecule is COc1cncc(O[C@H]2CCN(C(=O)Cc3ccc(F)cc3F)C2)n1. The van der Waals surface area contributed by atoms with Crippen LogP contribution in [0.2, 0.25) is 0 Å². The van der Waals surface area contributed by atoms with E-state index in [4.69, 9.17) is 9.47 Å². The van der Waals surface area contributed by atoms with Crippen molar-refractivity contribution >= 4 is 5.91 Å². The van der Waals surface area contributed by atoms with Crippen LogP contribution in [0.3, 0.4) is 0 Å². The Labute approximate surface area is 143 Å². The summed E-state index contributed by atoms with van der Waals surface area (Å²) in [6.07, 6.45) is 3.24. The summed E-state index contributed by atoms with van der Waals surface area (Å²) < 4.78 is 37.3. The van der Waals surface area contributed by atoms with Crippen molar-refractivity contribution < 1.29 is 23.0 Å². The number of nitrogens with zero attached hydrogens (tertiary/aromatic N) is 3. The van der Waals surface area contributed by atoms with Crippen LogP contribution < -0.4 is 9.47 Å². The van der Waals surface area contributed by atoms with Gasteiger partial charge in [0, 0.05) is 19.0 Å². The molecule has 1 amide bonds. The summed E-state index contributed by atoms with van der Waals surface area (Å²) >= 11 is 0. The first-order valence-electron chi connectivity index (χ1n) is 7.79. The maximum Gasteiger partial charge on any atom is 0.235 e. The molecule has 0 spiro atoms. The van der Waals surface area contributed by atoms with Crippen LogP contribution in [0.5, 0.6) is 11.8 Å². The molecule has 2 heterocycles. The number of rotatable bonds is 5. The highest BCUT2D eigenvalue weighted by Crippen LogP contribution is 2.19. The van der Waals surface area contributed by atoms with Gasteiger partial charge in [-0.25, -0.2) is 8.78 Å². The molecule has 1 fully saturated rings. The number of aromatic nitrogens is 2. The standard InChI is InChI=1S/C17H17F2N3O3/c1-24-15-8-20-9-16(21-15)25-13-4-5-22(10-13)17(23)6-11-2-3-12(18)7-14(11)19/h2-3,7-9,13H,4-6,10H2,1H3/t13-/m0/s1. The molecule has 6 nitrogen and oxygen atoms in total. The van der Waals surface area contributed by atoms with Gasteiger partial charge in [0.15, 0.2) is 0 Å². The van der Waals surface area contributed by atoms with E-state index in [2.05, 4.69) is 9.97 Å². The molecule has 2 aromatic rings. The maximum atomic E-state index is 13.7. The quantitative estimate of drug-likeness (QED) is 0.826. The molecule has 1 saturated heterocycles. The third-order valence-corrected chi connectivity index (χ3v) is 3.94. The zero-order valence-corrected chi connectivity index (χ0v) is 13.6. The van der Waals surface area contributed by atoms with Gasteiger partial charge in [0.25, 0.3) is 0 Å². The zero-order valence-electron chi connectivity index (χ0n) is 13.6. The van der Waals surface area contributed by atoms with Gasteiger partial charge in [-0.3, -0.25) is 9.78 Å². The van der Waals surface area contributed by atoms with Crippen molar-refractivity contribution in [3.05, 3.63) is 47.8 Å². The highest BCUT2D eigenvalue weighted by Gasteiger charge is 2.28. The number of methoxy groups -OCH3 is 1. The fourth-order valence-electron chi connectivity index (χ4n) is 2.65. The number of halogens is 2. The van der Waals surface area contributed by atoms with Crippen LogP contribution in [0.25, 0.3) is 0 Å². The molecule has 1 atom stereocenters. The molecule has 1 aliphatic rings. The van der Waals surface area contributed by atoms with Crippen LogP contribution >= 0.6 is 0 Å². The van der Waals surface area contributed by atoms with Crippen molar-refractivity contribution in [2.75, 3.05) is 20.2 Å². The lowest BCUT2D eigenvalue weighted by Gasteiger charge is -2.17. The van der Waals surface area contributed by atoms with E-state index in [1.807, 2.05) is 0 Å². The summed E-state index contributed by atoms with van der Waals surface area (Å²) in [5.41, 5.74) is 0.175. The Hall–Kier alpha value is -2.77. The van der Waals surface area contributed by atoms with Crippen molar-refractivity contribution in [3.63, 3.8) is 0 Å². The van der Waals surface area contributed by atoms with Crippen molar-refractivity contribution in [1.82, 2.24) is 14.9 Å². The lowest BCUT2D eigenvalue weighted by Crippen LogP contribution is -2.32. The summed E-state index contributed by atoms with van der Waals surface area (Å²) in [5.74, 6) is -0.943. The van der Waals surface area contributed by atoms with Gasteiger partial charge in [-0.1, -0.05) is 6.07 Å². The fraction of sp³-hybridized carbons (Fsp3) is 0.353. The molecule has 0 radical (unpaired) electrons. The van der Waals surface area contributed by atoms with E-state index in [9.17, 15) is 13.6 Å². The lowest BCUT2D eigenvalue weighted by molar-refractivity contribution is -0.129. The number of hydrogen-bond acceptors (Lipinski definition) is 5. The topological polar surface area (TPSA) is 64.6 Å². The molecule has 0 bridgehead atoms. The monoisotopic (exact) mass is 349 g/mol. The average molecular weight is 349 g/mol. The van der Waals surface area contributed by atoms with Gasteiger partial charge in [-0.15, -0.1) is 0 Å². The highest BCUT2D eigenvalue weighted by molar-refractivity contribution is 5.79. The van der Waals surface area contributed by atoms with Crippen molar-refractivity contribution in [2.45, 2.75) is 18.9 Å². The van der Waals surface area contributed by atoms with E-state index in [-0.39, 0.29) is 24.0 Å². The van der Waals surface area contributed by atoms with E-state index >= 15 is 0 Å². The summed E-state index contributed by atoms with van der Waals surface area (Å²) in [6, 6.07) is 3.21. The number of ether oxygens (including phenoxy) is 2. The Balaban J connectivity index is 1.57. The molecule has 132 valence electrons. The van der Waals surface area contributed by atoms with Gasteiger partial charge in [0.1, 0.15) is 17.7 Å². The van der Waals surface area contributed by atoms with Crippen LogP contribution in [0.15, 0.2) is 30.6 Å². The first kappa shape index (κ1) is 17.1. The number of carbonyl (C=O) groups is 1. The average Bonchev–Trinajstić information content (AvgIpc) is 3.06. The van der Waals surface area contributed by atoms with Gasteiger partial charge >= 0.3 is 0 Å². The van der Waals surface area contributed by atoms with E-state index in [1.54, 1.807) is 4.90 Å². The Morgan fingerprint density at radius 3 is 2.88 bits per heavy atom. The molecule has 0 saturated carbocycles. The number of amides is 1. The second kappa shape index (κ2) is 7.42. The second-order valence-corrected chi connectivity index (χ2v) is 5.68. The largest absolute Gasteiger partial charge is 0.480 e.